The first-order valence-corrected chi connectivity index (χ1v) is 8.79. The lowest BCUT2D eigenvalue weighted by Crippen LogP contribution is -2.43. The van der Waals surface area contributed by atoms with Crippen molar-refractivity contribution in [1.29, 1.82) is 0 Å². The van der Waals surface area contributed by atoms with E-state index in [0.29, 0.717) is 11.8 Å². The molecule has 1 aromatic heterocycles. The van der Waals surface area contributed by atoms with Crippen molar-refractivity contribution < 1.29 is 9.59 Å². The fourth-order valence-corrected chi connectivity index (χ4v) is 3.79. The SMILES string of the molecule is CC(C(=O)N(C)CC(=O)N1CC[C@@H]2CNC[C@@H]2CC1)n1cccn1.Cl.Cl. The molecule has 2 aliphatic rings. The molecule has 2 aliphatic heterocycles. The summed E-state index contributed by atoms with van der Waals surface area (Å²) in [4.78, 5) is 28.5. The third-order valence-electron chi connectivity index (χ3n) is 5.40. The molecule has 1 aromatic rings. The van der Waals surface area contributed by atoms with Gasteiger partial charge in [-0.25, -0.2) is 0 Å². The number of hydrogen-bond acceptors (Lipinski definition) is 4. The molecule has 0 saturated carbocycles. The normalized spacial score (nSPS) is 23.1. The second-order valence-corrected chi connectivity index (χ2v) is 6.99. The van der Waals surface area contributed by atoms with Gasteiger partial charge in [-0.1, -0.05) is 0 Å². The number of carbonyl (C=O) groups excluding carboxylic acids is 2. The largest absolute Gasteiger partial charge is 0.341 e. The molecule has 2 fully saturated rings. The number of likely N-dealkylation sites (tertiary alicyclic amines) is 1. The quantitative estimate of drug-likeness (QED) is 0.816. The highest BCUT2D eigenvalue weighted by Gasteiger charge is 2.32. The molecule has 9 heteroatoms. The number of likely N-dealkylation sites (N-methyl/N-ethyl adjacent to an activating group) is 1. The Labute approximate surface area is 167 Å². The summed E-state index contributed by atoms with van der Waals surface area (Å²) < 4.78 is 1.61. The first-order valence-electron chi connectivity index (χ1n) is 8.79. The molecule has 0 radical (unpaired) electrons. The predicted octanol–water partition coefficient (Wildman–Crippen LogP) is 1.20. The summed E-state index contributed by atoms with van der Waals surface area (Å²) in [6.07, 6.45) is 5.53. The third kappa shape index (κ3) is 5.11. The molecule has 2 saturated heterocycles. The van der Waals surface area contributed by atoms with Gasteiger partial charge in [-0.2, -0.15) is 5.10 Å². The molecule has 3 rings (SSSR count). The minimum absolute atomic E-state index is 0. The van der Waals surface area contributed by atoms with Crippen molar-refractivity contribution in [3.8, 4) is 0 Å². The highest BCUT2D eigenvalue weighted by molar-refractivity contribution is 5.86. The number of carbonyl (C=O) groups is 2. The standard InChI is InChI=1S/C17H27N5O2.2ClH/c1-13(22-7-3-6-19-22)17(24)20(2)12-16(23)21-8-4-14-10-18-11-15(14)5-9-21;;/h3,6-7,13-15,18H,4-5,8-12H2,1-2H3;2*1H/t13?,14-,15+;;. The van der Waals surface area contributed by atoms with E-state index in [0.717, 1.165) is 39.0 Å². The van der Waals surface area contributed by atoms with Gasteiger partial charge in [0.15, 0.2) is 0 Å². The Morgan fingerprint density at radius 2 is 1.85 bits per heavy atom. The van der Waals surface area contributed by atoms with E-state index in [1.54, 1.807) is 37.1 Å². The number of nitrogens with one attached hydrogen (secondary N) is 1. The van der Waals surface area contributed by atoms with E-state index >= 15 is 0 Å². The summed E-state index contributed by atoms with van der Waals surface area (Å²) in [5, 5.41) is 7.55. The number of amides is 2. The highest BCUT2D eigenvalue weighted by Crippen LogP contribution is 2.27. The molecule has 0 aromatic carbocycles. The minimum atomic E-state index is -0.396. The maximum Gasteiger partial charge on any atom is 0.247 e. The first-order chi connectivity index (χ1) is 11.6. The number of fused-ring (bicyclic) bond motifs is 1. The van der Waals surface area contributed by atoms with E-state index in [4.69, 9.17) is 0 Å². The molecule has 1 N–H and O–H groups in total. The van der Waals surface area contributed by atoms with Gasteiger partial charge in [0.05, 0.1) is 6.54 Å². The molecule has 26 heavy (non-hydrogen) atoms. The summed E-state index contributed by atoms with van der Waals surface area (Å²) in [5.41, 5.74) is 0. The van der Waals surface area contributed by atoms with Crippen LogP contribution in [0.2, 0.25) is 0 Å². The molecule has 148 valence electrons. The van der Waals surface area contributed by atoms with Crippen LogP contribution in [0.15, 0.2) is 18.5 Å². The number of halogens is 2. The van der Waals surface area contributed by atoms with Gasteiger partial charge in [-0.15, -0.1) is 24.8 Å². The van der Waals surface area contributed by atoms with Crippen molar-refractivity contribution in [2.24, 2.45) is 11.8 Å². The van der Waals surface area contributed by atoms with Gasteiger partial charge in [0.25, 0.3) is 0 Å². The zero-order chi connectivity index (χ0) is 17.1. The van der Waals surface area contributed by atoms with E-state index in [9.17, 15) is 9.59 Å². The molecule has 0 spiro atoms. The van der Waals surface area contributed by atoms with Crippen molar-refractivity contribution in [3.63, 3.8) is 0 Å². The lowest BCUT2D eigenvalue weighted by atomic mass is 9.92. The Morgan fingerprint density at radius 3 is 2.38 bits per heavy atom. The number of rotatable bonds is 4. The van der Waals surface area contributed by atoms with Crippen LogP contribution in [0.4, 0.5) is 0 Å². The maximum absolute atomic E-state index is 12.6. The molecule has 1 unspecified atom stereocenters. The smallest absolute Gasteiger partial charge is 0.247 e. The molecule has 0 aliphatic carbocycles. The Hall–Kier alpha value is -1.31. The summed E-state index contributed by atoms with van der Waals surface area (Å²) in [6, 6.07) is 1.39. The van der Waals surface area contributed by atoms with Crippen molar-refractivity contribution in [1.82, 2.24) is 24.9 Å². The molecule has 3 heterocycles. The maximum atomic E-state index is 12.6. The van der Waals surface area contributed by atoms with E-state index in [1.165, 1.54) is 4.90 Å². The fourth-order valence-electron chi connectivity index (χ4n) is 3.79. The van der Waals surface area contributed by atoms with Crippen LogP contribution in [0.1, 0.15) is 25.8 Å². The Morgan fingerprint density at radius 1 is 1.23 bits per heavy atom. The van der Waals surface area contributed by atoms with Crippen LogP contribution in [-0.4, -0.2) is 71.2 Å². The molecular formula is C17H29Cl2N5O2. The van der Waals surface area contributed by atoms with Gasteiger partial charge in [0.2, 0.25) is 11.8 Å². The summed E-state index contributed by atoms with van der Waals surface area (Å²) in [6.45, 7) is 5.70. The van der Waals surface area contributed by atoms with Crippen molar-refractivity contribution in [3.05, 3.63) is 18.5 Å². The van der Waals surface area contributed by atoms with Gasteiger partial charge in [-0.3, -0.25) is 14.3 Å². The van der Waals surface area contributed by atoms with E-state index < -0.39 is 6.04 Å². The zero-order valence-corrected chi connectivity index (χ0v) is 17.0. The Bertz CT molecular complexity index is 570. The second-order valence-electron chi connectivity index (χ2n) is 6.99. The lowest BCUT2D eigenvalue weighted by molar-refractivity contribution is -0.141. The van der Waals surface area contributed by atoms with Crippen molar-refractivity contribution >= 4 is 36.6 Å². The molecule has 0 bridgehead atoms. The van der Waals surface area contributed by atoms with Crippen LogP contribution in [0.3, 0.4) is 0 Å². The topological polar surface area (TPSA) is 70.5 Å². The van der Waals surface area contributed by atoms with Gasteiger partial charge in [0, 0.05) is 32.5 Å². The molecule has 2 amide bonds. The van der Waals surface area contributed by atoms with Crippen LogP contribution in [-0.2, 0) is 9.59 Å². The van der Waals surface area contributed by atoms with Crippen LogP contribution in [0.25, 0.3) is 0 Å². The average Bonchev–Trinajstić information content (AvgIpc) is 3.22. The number of hydrogen-bond donors (Lipinski definition) is 1. The van der Waals surface area contributed by atoms with E-state index in [1.807, 2.05) is 4.90 Å². The molecule has 7 nitrogen and oxygen atoms in total. The third-order valence-corrected chi connectivity index (χ3v) is 5.40. The van der Waals surface area contributed by atoms with Crippen molar-refractivity contribution in [2.75, 3.05) is 39.8 Å². The molecule has 3 atom stereocenters. The Kier molecular flexibility index (Phi) is 8.86. The lowest BCUT2D eigenvalue weighted by Gasteiger charge is -2.26. The van der Waals surface area contributed by atoms with Crippen molar-refractivity contribution in [2.45, 2.75) is 25.8 Å². The van der Waals surface area contributed by atoms with E-state index in [2.05, 4.69) is 10.4 Å². The predicted molar refractivity (Wildman–Crippen MR) is 105 cm³/mol. The average molecular weight is 406 g/mol. The summed E-state index contributed by atoms with van der Waals surface area (Å²) in [5.74, 6) is 1.35. The Balaban J connectivity index is 0.00000169. The van der Waals surface area contributed by atoms with Gasteiger partial charge < -0.3 is 15.1 Å². The summed E-state index contributed by atoms with van der Waals surface area (Å²) >= 11 is 0. The first kappa shape index (κ1) is 22.7. The van der Waals surface area contributed by atoms with E-state index in [-0.39, 0.29) is 43.2 Å². The van der Waals surface area contributed by atoms with Gasteiger partial charge in [0.1, 0.15) is 6.04 Å². The number of aromatic nitrogens is 2. The van der Waals surface area contributed by atoms with Gasteiger partial charge in [-0.05, 0) is 50.8 Å². The van der Waals surface area contributed by atoms with Crippen LogP contribution in [0.5, 0.6) is 0 Å². The van der Waals surface area contributed by atoms with Crippen LogP contribution in [0, 0.1) is 11.8 Å². The summed E-state index contributed by atoms with van der Waals surface area (Å²) in [7, 11) is 1.69. The zero-order valence-electron chi connectivity index (χ0n) is 15.3. The monoisotopic (exact) mass is 405 g/mol. The second kappa shape index (κ2) is 10.1. The van der Waals surface area contributed by atoms with Crippen LogP contribution >= 0.6 is 24.8 Å². The fraction of sp³-hybridized carbons (Fsp3) is 0.706. The minimum Gasteiger partial charge on any atom is -0.341 e. The molecular weight excluding hydrogens is 377 g/mol. The van der Waals surface area contributed by atoms with Gasteiger partial charge >= 0.3 is 0 Å². The number of nitrogens with zero attached hydrogens (tertiary/aromatic N) is 4. The highest BCUT2D eigenvalue weighted by atomic mass is 35.5. The van der Waals surface area contributed by atoms with Crippen LogP contribution < -0.4 is 5.32 Å².